The molecule has 1 unspecified atom stereocenters. The molecule has 0 saturated carbocycles. The number of furan rings is 1. The molecule has 2 heterocycles. The molecule has 0 bridgehead atoms. The minimum absolute atomic E-state index is 0.0266. The third kappa shape index (κ3) is 4.34. The maximum Gasteiger partial charge on any atom is 0.137 e. The van der Waals surface area contributed by atoms with Crippen LogP contribution in [0.1, 0.15) is 27.7 Å². The smallest absolute Gasteiger partial charge is 0.137 e. The molecule has 0 fully saturated rings. The highest BCUT2D eigenvalue weighted by atomic mass is 16.3. The van der Waals surface area contributed by atoms with Crippen molar-refractivity contribution in [3.05, 3.63) is 241 Å². The van der Waals surface area contributed by atoms with Crippen LogP contribution >= 0.6 is 0 Å². The zero-order chi connectivity index (χ0) is 44.0. The van der Waals surface area contributed by atoms with Crippen molar-refractivity contribution < 1.29 is 9.90 Å². The molecule has 288 valence electrons. The molecule has 12 aromatic rings. The Morgan fingerprint density at radius 1 is 0.435 bits per heavy atom. The average molecular weight is 793 g/mol. The fourth-order valence-electron chi connectivity index (χ4n) is 11.1. The number of anilines is 3. The molecule has 0 N–H and O–H groups in total. The second kappa shape index (κ2) is 12.4. The predicted molar refractivity (Wildman–Crippen MR) is 257 cm³/mol. The van der Waals surface area contributed by atoms with Crippen LogP contribution in [0.2, 0.25) is 0 Å². The Labute approximate surface area is 363 Å². The molecule has 1 atom stereocenters. The van der Waals surface area contributed by atoms with Crippen LogP contribution in [-0.2, 0) is 5.41 Å². The van der Waals surface area contributed by atoms with E-state index in [9.17, 15) is 4.11 Å². The van der Waals surface area contributed by atoms with Crippen molar-refractivity contribution in [3.8, 4) is 27.9 Å². The molecular formula is C59H36N2O. The van der Waals surface area contributed by atoms with Crippen molar-refractivity contribution in [1.29, 1.82) is 0 Å². The third-order valence-corrected chi connectivity index (χ3v) is 13.5. The van der Waals surface area contributed by atoms with Crippen LogP contribution in [-0.4, -0.2) is 4.57 Å². The lowest BCUT2D eigenvalue weighted by Gasteiger charge is -2.41. The van der Waals surface area contributed by atoms with Gasteiger partial charge in [0.2, 0.25) is 0 Å². The summed E-state index contributed by atoms with van der Waals surface area (Å²) < 4.78 is 46.3. The number of fused-ring (bicyclic) bond motifs is 15. The van der Waals surface area contributed by atoms with Crippen molar-refractivity contribution in [2.24, 2.45) is 0 Å². The van der Waals surface area contributed by atoms with Crippen LogP contribution < -0.4 is 4.90 Å². The van der Waals surface area contributed by atoms with Gasteiger partial charge in [-0.05, 0) is 116 Å². The summed E-state index contributed by atoms with van der Waals surface area (Å²) in [5.74, 6) is 0. The van der Waals surface area contributed by atoms with Crippen LogP contribution in [0.5, 0.6) is 0 Å². The highest BCUT2D eigenvalue weighted by molar-refractivity contribution is 6.15. The van der Waals surface area contributed by atoms with Crippen molar-refractivity contribution in [2.75, 3.05) is 4.90 Å². The van der Waals surface area contributed by atoms with Crippen LogP contribution in [0.4, 0.5) is 17.1 Å². The molecule has 0 aliphatic heterocycles. The average Bonchev–Trinajstić information content (AvgIpc) is 4.02. The van der Waals surface area contributed by atoms with E-state index >= 15 is 0 Å². The van der Waals surface area contributed by atoms with Gasteiger partial charge in [0.15, 0.2) is 0 Å². The summed E-state index contributed by atoms with van der Waals surface area (Å²) in [4.78, 5) is 2.34. The lowest BCUT2D eigenvalue weighted by atomic mass is 9.61. The first-order chi connectivity index (χ1) is 32.4. The first kappa shape index (κ1) is 30.0. The minimum Gasteiger partial charge on any atom is -0.456 e. The Hall–Kier alpha value is -8.14. The monoisotopic (exact) mass is 792 g/mol. The summed E-state index contributed by atoms with van der Waals surface area (Å²) in [5, 5.41) is 6.48. The number of aromatic nitrogens is 1. The molecule has 0 amide bonds. The summed E-state index contributed by atoms with van der Waals surface area (Å²) in [6.45, 7) is 0. The Morgan fingerprint density at radius 3 is 2.05 bits per heavy atom. The van der Waals surface area contributed by atoms with E-state index in [0.29, 0.717) is 11.1 Å². The van der Waals surface area contributed by atoms with E-state index in [-0.39, 0.29) is 24.2 Å². The van der Waals surface area contributed by atoms with Gasteiger partial charge in [-0.1, -0.05) is 158 Å². The van der Waals surface area contributed by atoms with Crippen LogP contribution in [0.15, 0.2) is 223 Å². The SMILES string of the molecule is [2H]c1c([2H])c([2H])c2c(c1[2H])-c1ccccc1C21c2cc(N(c3ccc4c5ccccc5n(-c5ccccc5)c4c3)c3cccc4oc5ccccc5c34)ccc2-c2cccc3cccc1c23. The molecule has 1 spiro atoms. The van der Waals surface area contributed by atoms with E-state index in [1.54, 1.807) is 0 Å². The fraction of sp³-hybridized carbons (Fsp3) is 0.0169. The van der Waals surface area contributed by atoms with Crippen molar-refractivity contribution >= 4 is 71.6 Å². The topological polar surface area (TPSA) is 21.3 Å². The Morgan fingerprint density at radius 2 is 1.11 bits per heavy atom. The maximum absolute atomic E-state index is 9.82. The lowest BCUT2D eigenvalue weighted by Crippen LogP contribution is -2.32. The van der Waals surface area contributed by atoms with E-state index < -0.39 is 5.41 Å². The van der Waals surface area contributed by atoms with Crippen molar-refractivity contribution in [2.45, 2.75) is 5.41 Å². The van der Waals surface area contributed by atoms with Gasteiger partial charge in [0, 0.05) is 33.2 Å². The van der Waals surface area contributed by atoms with Crippen molar-refractivity contribution in [1.82, 2.24) is 4.57 Å². The van der Waals surface area contributed by atoms with Crippen LogP contribution in [0.3, 0.4) is 0 Å². The Kier molecular flexibility index (Phi) is 6.02. The Balaban J connectivity index is 1.13. The van der Waals surface area contributed by atoms with E-state index in [4.69, 9.17) is 5.79 Å². The second-order valence-corrected chi connectivity index (χ2v) is 16.5. The van der Waals surface area contributed by atoms with Gasteiger partial charge in [0.05, 0.1) is 33.0 Å². The van der Waals surface area contributed by atoms with Gasteiger partial charge in [-0.15, -0.1) is 0 Å². The van der Waals surface area contributed by atoms with Gasteiger partial charge in [0.1, 0.15) is 11.2 Å². The highest BCUT2D eigenvalue weighted by Crippen LogP contribution is 2.62. The van der Waals surface area contributed by atoms with Crippen LogP contribution in [0.25, 0.3) is 82.5 Å². The van der Waals surface area contributed by atoms with Gasteiger partial charge < -0.3 is 13.9 Å². The summed E-state index contributed by atoms with van der Waals surface area (Å²) in [6, 6.07) is 67.5. The lowest BCUT2D eigenvalue weighted by molar-refractivity contribution is 0.669. The maximum atomic E-state index is 9.82. The summed E-state index contributed by atoms with van der Waals surface area (Å²) in [7, 11) is 0. The highest BCUT2D eigenvalue weighted by Gasteiger charge is 2.50. The first-order valence-corrected chi connectivity index (χ1v) is 21.1. The predicted octanol–water partition coefficient (Wildman–Crippen LogP) is 15.6. The van der Waals surface area contributed by atoms with E-state index in [1.165, 1.54) is 5.39 Å². The third-order valence-electron chi connectivity index (χ3n) is 13.5. The van der Waals surface area contributed by atoms with Gasteiger partial charge in [-0.2, -0.15) is 0 Å². The minimum atomic E-state index is -1.09. The number of hydrogen-bond donors (Lipinski definition) is 0. The molecule has 0 saturated heterocycles. The molecule has 10 aromatic carbocycles. The summed E-state index contributed by atoms with van der Waals surface area (Å²) >= 11 is 0. The molecule has 2 aromatic heterocycles. The van der Waals surface area contributed by atoms with E-state index in [1.807, 2.05) is 36.4 Å². The molecule has 3 heteroatoms. The quantitative estimate of drug-likeness (QED) is 0.177. The molecule has 2 aliphatic rings. The molecule has 3 nitrogen and oxygen atoms in total. The number of para-hydroxylation sites is 3. The zero-order valence-electron chi connectivity index (χ0n) is 37.3. The zero-order valence-corrected chi connectivity index (χ0v) is 33.3. The normalized spacial score (nSPS) is 15.7. The summed E-state index contributed by atoms with van der Waals surface area (Å²) in [6.07, 6.45) is 0. The number of benzene rings is 10. The Bertz CT molecular complexity index is 4070. The van der Waals surface area contributed by atoms with Crippen molar-refractivity contribution in [3.63, 3.8) is 0 Å². The molecule has 0 radical (unpaired) electrons. The van der Waals surface area contributed by atoms with Gasteiger partial charge in [-0.25, -0.2) is 0 Å². The van der Waals surface area contributed by atoms with Gasteiger partial charge >= 0.3 is 0 Å². The summed E-state index contributed by atoms with van der Waals surface area (Å²) in [5.41, 5.74) is 13.5. The van der Waals surface area contributed by atoms with Crippen LogP contribution in [0, 0.1) is 0 Å². The standard InChI is InChI=1S/C59H36N2O/c1-2-17-38(18-3-1)61-52-27-10-6-21-44(52)45-34-32-40(36-54(45)61)60(53-28-14-30-56-58(53)47-22-7-11-29-55(47)62-56)39-31-33-43-46-23-12-15-37-16-13-26-50(57(37)46)59(51(43)35-39)48-24-8-4-19-41(48)42-20-5-9-25-49(42)59/h1-36H/i4D,8D,19D,24D. The molecule has 62 heavy (non-hydrogen) atoms. The van der Waals surface area contributed by atoms with E-state index in [0.717, 1.165) is 105 Å². The molecule has 2 aliphatic carbocycles. The number of hydrogen-bond acceptors (Lipinski definition) is 2. The largest absolute Gasteiger partial charge is 0.456 e. The fourth-order valence-corrected chi connectivity index (χ4v) is 11.1. The van der Waals surface area contributed by atoms with E-state index in [2.05, 4.69) is 167 Å². The van der Waals surface area contributed by atoms with Gasteiger partial charge in [0.25, 0.3) is 0 Å². The second-order valence-electron chi connectivity index (χ2n) is 16.5. The number of rotatable bonds is 4. The molecular weight excluding hydrogens is 753 g/mol. The van der Waals surface area contributed by atoms with Gasteiger partial charge in [-0.3, -0.25) is 0 Å². The first-order valence-electron chi connectivity index (χ1n) is 23.1. The number of nitrogens with zero attached hydrogens (tertiary/aromatic N) is 2. The molecule has 14 rings (SSSR count).